The molecular weight excluding hydrogens is 434 g/mol. The lowest BCUT2D eigenvalue weighted by Crippen LogP contribution is -2.47. The van der Waals surface area contributed by atoms with Gasteiger partial charge in [-0.15, -0.1) is 0 Å². The van der Waals surface area contributed by atoms with E-state index < -0.39 is 0 Å². The summed E-state index contributed by atoms with van der Waals surface area (Å²) in [5, 5.41) is 0. The molecule has 0 bridgehead atoms. The van der Waals surface area contributed by atoms with E-state index in [0.717, 1.165) is 24.3 Å². The van der Waals surface area contributed by atoms with Gasteiger partial charge in [-0.05, 0) is 11.6 Å². The molecule has 2 aromatic heterocycles. The van der Waals surface area contributed by atoms with Crippen molar-refractivity contribution in [1.29, 1.82) is 0 Å². The van der Waals surface area contributed by atoms with Gasteiger partial charge >= 0.3 is 0 Å². The van der Waals surface area contributed by atoms with Gasteiger partial charge in [0, 0.05) is 57.4 Å². The summed E-state index contributed by atoms with van der Waals surface area (Å²) < 4.78 is 11.8. The van der Waals surface area contributed by atoms with Crippen molar-refractivity contribution < 1.29 is 19.1 Å². The highest BCUT2D eigenvalue weighted by Crippen LogP contribution is 2.31. The Hall–Kier alpha value is -3.59. The number of benzene rings is 1. The molecule has 0 aliphatic carbocycles. The van der Waals surface area contributed by atoms with E-state index in [9.17, 15) is 9.59 Å². The van der Waals surface area contributed by atoms with Crippen molar-refractivity contribution >= 4 is 22.8 Å². The smallest absolute Gasteiger partial charge is 0.242 e. The molecule has 9 heteroatoms. The second-order valence-electron chi connectivity index (χ2n) is 8.75. The van der Waals surface area contributed by atoms with Gasteiger partial charge in [-0.25, -0.2) is 9.97 Å². The number of pyridine rings is 1. The molecule has 3 aromatic rings. The van der Waals surface area contributed by atoms with Gasteiger partial charge in [-0.2, -0.15) is 0 Å². The molecule has 2 amide bonds. The van der Waals surface area contributed by atoms with Crippen LogP contribution in [0.15, 0.2) is 42.7 Å². The van der Waals surface area contributed by atoms with E-state index in [-0.39, 0.29) is 24.5 Å². The number of likely N-dealkylation sites (tertiary alicyclic amines) is 1. The van der Waals surface area contributed by atoms with Crippen LogP contribution < -0.4 is 4.74 Å². The van der Waals surface area contributed by atoms with Gasteiger partial charge in [0.25, 0.3) is 0 Å². The SMILES string of the molecule is CC(=O)N1CC(c2ccc(-c3cc4nccnc4c(OC[C@@H]4CN(C(C)=O)CCO4)n3)cc2)C1. The van der Waals surface area contributed by atoms with Crippen molar-refractivity contribution in [2.75, 3.05) is 39.4 Å². The zero-order valence-corrected chi connectivity index (χ0v) is 19.3. The zero-order chi connectivity index (χ0) is 23.7. The van der Waals surface area contributed by atoms with Crippen LogP contribution in [0.25, 0.3) is 22.3 Å². The Morgan fingerprint density at radius 3 is 2.50 bits per heavy atom. The van der Waals surface area contributed by atoms with E-state index in [1.165, 1.54) is 5.56 Å². The predicted octanol–water partition coefficient (Wildman–Crippen LogP) is 2.26. The van der Waals surface area contributed by atoms with Crippen LogP contribution in [-0.2, 0) is 14.3 Å². The maximum atomic E-state index is 11.7. The second kappa shape index (κ2) is 9.34. The molecule has 1 aromatic carbocycles. The number of nitrogens with zero attached hydrogens (tertiary/aromatic N) is 5. The normalized spacial score (nSPS) is 18.6. The fourth-order valence-electron chi connectivity index (χ4n) is 4.34. The number of hydrogen-bond acceptors (Lipinski definition) is 7. The van der Waals surface area contributed by atoms with Crippen molar-refractivity contribution in [3.8, 4) is 17.1 Å². The molecule has 34 heavy (non-hydrogen) atoms. The van der Waals surface area contributed by atoms with Crippen molar-refractivity contribution in [3.05, 3.63) is 48.3 Å². The maximum absolute atomic E-state index is 11.7. The predicted molar refractivity (Wildman–Crippen MR) is 125 cm³/mol. The summed E-state index contributed by atoms with van der Waals surface area (Å²) in [5.41, 5.74) is 4.17. The number of rotatable bonds is 5. The summed E-state index contributed by atoms with van der Waals surface area (Å²) in [6.45, 7) is 6.53. The van der Waals surface area contributed by atoms with Gasteiger partial charge in [0.2, 0.25) is 17.7 Å². The van der Waals surface area contributed by atoms with Crippen molar-refractivity contribution in [2.24, 2.45) is 0 Å². The summed E-state index contributed by atoms with van der Waals surface area (Å²) in [7, 11) is 0. The molecule has 4 heterocycles. The number of carbonyl (C=O) groups excluding carboxylic acids is 2. The Morgan fingerprint density at radius 1 is 1.03 bits per heavy atom. The van der Waals surface area contributed by atoms with E-state index >= 15 is 0 Å². The minimum Gasteiger partial charge on any atom is -0.473 e. The fourth-order valence-corrected chi connectivity index (χ4v) is 4.34. The molecule has 2 aliphatic rings. The van der Waals surface area contributed by atoms with E-state index in [2.05, 4.69) is 22.1 Å². The number of aromatic nitrogens is 3. The van der Waals surface area contributed by atoms with Crippen LogP contribution in [0.3, 0.4) is 0 Å². The van der Waals surface area contributed by atoms with Gasteiger partial charge in [-0.1, -0.05) is 24.3 Å². The molecule has 5 rings (SSSR count). The highest BCUT2D eigenvalue weighted by Gasteiger charge is 2.29. The molecule has 2 saturated heterocycles. The van der Waals surface area contributed by atoms with Crippen LogP contribution in [0.1, 0.15) is 25.3 Å². The number of amides is 2. The highest BCUT2D eigenvalue weighted by atomic mass is 16.5. The number of morpholine rings is 1. The van der Waals surface area contributed by atoms with Crippen molar-refractivity contribution in [1.82, 2.24) is 24.8 Å². The molecule has 0 radical (unpaired) electrons. The molecule has 9 nitrogen and oxygen atoms in total. The summed E-state index contributed by atoms with van der Waals surface area (Å²) in [6, 6.07) is 10.2. The van der Waals surface area contributed by atoms with Crippen LogP contribution in [0.5, 0.6) is 5.88 Å². The Balaban J connectivity index is 1.34. The molecule has 0 unspecified atom stereocenters. The highest BCUT2D eigenvalue weighted by molar-refractivity contribution is 5.83. The third kappa shape index (κ3) is 4.56. The lowest BCUT2D eigenvalue weighted by atomic mass is 9.90. The topological polar surface area (TPSA) is 97.8 Å². The molecule has 176 valence electrons. The van der Waals surface area contributed by atoms with Crippen LogP contribution in [0.4, 0.5) is 0 Å². The van der Waals surface area contributed by atoms with Gasteiger partial charge in [-0.3, -0.25) is 14.6 Å². The molecule has 0 N–H and O–H groups in total. The van der Waals surface area contributed by atoms with Gasteiger partial charge in [0.05, 0.1) is 24.4 Å². The van der Waals surface area contributed by atoms with Crippen molar-refractivity contribution in [3.63, 3.8) is 0 Å². The van der Waals surface area contributed by atoms with Crippen LogP contribution >= 0.6 is 0 Å². The summed E-state index contributed by atoms with van der Waals surface area (Å²) >= 11 is 0. The number of ether oxygens (including phenoxy) is 2. The maximum Gasteiger partial charge on any atom is 0.242 e. The Bertz CT molecular complexity index is 1210. The minimum absolute atomic E-state index is 0.0316. The minimum atomic E-state index is -0.230. The van der Waals surface area contributed by atoms with Gasteiger partial charge in [0.15, 0.2) is 5.52 Å². The quantitative estimate of drug-likeness (QED) is 0.575. The van der Waals surface area contributed by atoms with E-state index in [1.807, 2.05) is 23.1 Å². The first-order chi connectivity index (χ1) is 16.5. The molecule has 2 aliphatic heterocycles. The first-order valence-electron chi connectivity index (χ1n) is 11.5. The van der Waals surface area contributed by atoms with Crippen LogP contribution in [0, 0.1) is 0 Å². The van der Waals surface area contributed by atoms with E-state index in [4.69, 9.17) is 14.5 Å². The third-order valence-corrected chi connectivity index (χ3v) is 6.42. The number of carbonyl (C=O) groups is 2. The third-order valence-electron chi connectivity index (χ3n) is 6.42. The summed E-state index contributed by atoms with van der Waals surface area (Å²) in [6.07, 6.45) is 3.03. The second-order valence-corrected chi connectivity index (χ2v) is 8.75. The van der Waals surface area contributed by atoms with E-state index in [0.29, 0.717) is 42.5 Å². The fraction of sp³-hybridized carbons (Fsp3) is 0.400. The Labute approximate surface area is 197 Å². The zero-order valence-electron chi connectivity index (χ0n) is 19.3. The first-order valence-corrected chi connectivity index (χ1v) is 11.5. The number of fused-ring (bicyclic) bond motifs is 1. The summed E-state index contributed by atoms with van der Waals surface area (Å²) in [4.78, 5) is 40.4. The molecular formula is C25H27N5O4. The Morgan fingerprint density at radius 2 is 1.76 bits per heavy atom. The average Bonchev–Trinajstić information content (AvgIpc) is 2.82. The number of hydrogen-bond donors (Lipinski definition) is 0. The van der Waals surface area contributed by atoms with E-state index in [1.54, 1.807) is 31.1 Å². The first kappa shape index (κ1) is 22.2. The largest absolute Gasteiger partial charge is 0.473 e. The molecule has 1 atom stereocenters. The standard InChI is InChI=1S/C25H27N5O4/c1-16(31)29-9-10-33-21(14-29)15-34-25-24-23(26-7-8-27-24)11-22(28-25)19-5-3-18(4-6-19)20-12-30(13-20)17(2)32/h3-8,11,20-21H,9-10,12-15H2,1-2H3/t21-/m0/s1. The molecule has 0 spiro atoms. The monoisotopic (exact) mass is 461 g/mol. The van der Waals surface area contributed by atoms with Gasteiger partial charge < -0.3 is 19.3 Å². The Kier molecular flexibility index (Phi) is 6.10. The lowest BCUT2D eigenvalue weighted by Gasteiger charge is -2.39. The van der Waals surface area contributed by atoms with Crippen molar-refractivity contribution in [2.45, 2.75) is 25.9 Å². The van der Waals surface area contributed by atoms with Gasteiger partial charge in [0.1, 0.15) is 12.7 Å². The van der Waals surface area contributed by atoms with Crippen LogP contribution in [0.2, 0.25) is 0 Å². The van der Waals surface area contributed by atoms with Crippen LogP contribution in [-0.4, -0.2) is 82.1 Å². The summed E-state index contributed by atoms with van der Waals surface area (Å²) in [5.74, 6) is 0.917. The molecule has 2 fully saturated rings. The molecule has 0 saturated carbocycles. The lowest BCUT2D eigenvalue weighted by molar-refractivity contribution is -0.137. The average molecular weight is 462 g/mol.